The topological polar surface area (TPSA) is 65.6 Å². The lowest BCUT2D eigenvalue weighted by Gasteiger charge is -2.29. The lowest BCUT2D eigenvalue weighted by atomic mass is 10.1. The van der Waals surface area contributed by atoms with E-state index in [9.17, 15) is 5.11 Å². The molecule has 2 atom stereocenters. The van der Waals surface area contributed by atoms with Crippen molar-refractivity contribution < 1.29 is 5.11 Å². The number of β-amino-alcohol motifs (C(OH)–C–C–N with tert-alkyl or cyclic N) is 1. The zero-order chi connectivity index (χ0) is 15.0. The van der Waals surface area contributed by atoms with Gasteiger partial charge in [0.05, 0.1) is 17.3 Å². The zero-order valence-electron chi connectivity index (χ0n) is 12.5. The van der Waals surface area contributed by atoms with Crippen LogP contribution in [0.3, 0.4) is 0 Å². The number of rotatable bonds is 3. The minimum atomic E-state index is -0.286. The monoisotopic (exact) mass is 286 g/mol. The third-order valence-corrected chi connectivity index (χ3v) is 4.06. The number of aromatic nitrogens is 1. The molecule has 1 fully saturated rings. The van der Waals surface area contributed by atoms with E-state index < -0.39 is 0 Å². The molecule has 0 amide bonds. The van der Waals surface area contributed by atoms with E-state index in [-0.39, 0.29) is 6.10 Å². The maximum absolute atomic E-state index is 10.1. The van der Waals surface area contributed by atoms with Crippen LogP contribution in [0.2, 0.25) is 0 Å². The first-order chi connectivity index (χ1) is 10.1. The number of hydrogen-bond acceptors (Lipinski definition) is 5. The first kappa shape index (κ1) is 14.1. The van der Waals surface area contributed by atoms with Gasteiger partial charge in [-0.15, -0.1) is 0 Å². The number of fused-ring (bicyclic) bond motifs is 1. The summed E-state index contributed by atoms with van der Waals surface area (Å²) in [7, 11) is 4.12. The Morgan fingerprint density at radius 2 is 2.19 bits per heavy atom. The molecule has 21 heavy (non-hydrogen) atoms. The van der Waals surface area contributed by atoms with Crippen molar-refractivity contribution in [1.82, 2.24) is 9.88 Å². The highest BCUT2D eigenvalue weighted by atomic mass is 16.3. The average molecular weight is 286 g/mol. The van der Waals surface area contributed by atoms with Gasteiger partial charge in [0.15, 0.2) is 0 Å². The molecule has 1 aliphatic heterocycles. The highest BCUT2D eigenvalue weighted by molar-refractivity contribution is 5.98. The minimum Gasteiger partial charge on any atom is -0.398 e. The number of nitrogen functional groups attached to an aromatic ring is 1. The SMILES string of the molecule is CN(C)CC1CC(O)CN1c1ccc(N)c2cccnc12. The normalized spacial score (nSPS) is 22.4. The predicted octanol–water partition coefficient (Wildman–Crippen LogP) is 1.32. The molecule has 0 bridgehead atoms. The Labute approximate surface area is 125 Å². The molecule has 3 N–H and O–H groups in total. The fourth-order valence-corrected chi connectivity index (χ4v) is 3.19. The highest BCUT2D eigenvalue weighted by Gasteiger charge is 2.32. The first-order valence-corrected chi connectivity index (χ1v) is 7.29. The molecule has 2 heterocycles. The second-order valence-electron chi connectivity index (χ2n) is 6.03. The maximum atomic E-state index is 10.1. The minimum absolute atomic E-state index is 0.286. The van der Waals surface area contributed by atoms with E-state index in [1.165, 1.54) is 0 Å². The van der Waals surface area contributed by atoms with Crippen LogP contribution in [0.5, 0.6) is 0 Å². The van der Waals surface area contributed by atoms with E-state index >= 15 is 0 Å². The average Bonchev–Trinajstić information content (AvgIpc) is 2.79. The number of anilines is 2. The summed E-state index contributed by atoms with van der Waals surface area (Å²) in [5.41, 5.74) is 8.76. The van der Waals surface area contributed by atoms with Gasteiger partial charge in [0.2, 0.25) is 0 Å². The van der Waals surface area contributed by atoms with Crippen LogP contribution in [0, 0.1) is 0 Å². The van der Waals surface area contributed by atoms with E-state index in [2.05, 4.69) is 28.9 Å². The first-order valence-electron chi connectivity index (χ1n) is 7.29. The van der Waals surface area contributed by atoms with Gasteiger partial charge in [-0.2, -0.15) is 0 Å². The second kappa shape index (κ2) is 5.50. The fraction of sp³-hybridized carbons (Fsp3) is 0.438. The van der Waals surface area contributed by atoms with Gasteiger partial charge in [0.25, 0.3) is 0 Å². The molecular weight excluding hydrogens is 264 g/mol. The summed E-state index contributed by atoms with van der Waals surface area (Å²) in [6.07, 6.45) is 2.29. The molecule has 0 saturated carbocycles. The number of aliphatic hydroxyl groups is 1. The second-order valence-corrected chi connectivity index (χ2v) is 6.03. The van der Waals surface area contributed by atoms with Crippen LogP contribution < -0.4 is 10.6 Å². The van der Waals surface area contributed by atoms with E-state index in [4.69, 9.17) is 5.73 Å². The van der Waals surface area contributed by atoms with Gasteiger partial charge in [-0.05, 0) is 44.8 Å². The smallest absolute Gasteiger partial charge is 0.0956 e. The molecule has 0 spiro atoms. The maximum Gasteiger partial charge on any atom is 0.0956 e. The largest absolute Gasteiger partial charge is 0.398 e. The molecule has 2 unspecified atom stereocenters. The molecule has 1 aromatic heterocycles. The number of nitrogens with two attached hydrogens (primary N) is 1. The fourth-order valence-electron chi connectivity index (χ4n) is 3.19. The standard InChI is InChI=1S/C16H22N4O/c1-19(2)9-11-8-12(21)10-20(11)15-6-5-14(17)13-4-3-7-18-16(13)15/h3-7,11-12,21H,8-10,17H2,1-2H3. The highest BCUT2D eigenvalue weighted by Crippen LogP contribution is 2.33. The molecular formula is C16H22N4O. The van der Waals surface area contributed by atoms with Crippen LogP contribution in [-0.2, 0) is 0 Å². The number of likely N-dealkylation sites (N-methyl/N-ethyl adjacent to an activating group) is 1. The predicted molar refractivity (Wildman–Crippen MR) is 86.5 cm³/mol. The molecule has 1 aliphatic rings. The van der Waals surface area contributed by atoms with Gasteiger partial charge in [0.1, 0.15) is 0 Å². The number of hydrogen-bond donors (Lipinski definition) is 2. The van der Waals surface area contributed by atoms with Crippen LogP contribution >= 0.6 is 0 Å². The lowest BCUT2D eigenvalue weighted by Crippen LogP contribution is -2.37. The quantitative estimate of drug-likeness (QED) is 0.833. The molecule has 1 saturated heterocycles. The van der Waals surface area contributed by atoms with Crippen LogP contribution in [-0.4, -0.2) is 54.3 Å². The van der Waals surface area contributed by atoms with E-state index in [1.54, 1.807) is 6.20 Å². The molecule has 0 aliphatic carbocycles. The van der Waals surface area contributed by atoms with E-state index in [0.29, 0.717) is 12.6 Å². The van der Waals surface area contributed by atoms with Crippen molar-refractivity contribution in [1.29, 1.82) is 0 Å². The summed E-state index contributed by atoms with van der Waals surface area (Å²) >= 11 is 0. The van der Waals surface area contributed by atoms with Crippen molar-refractivity contribution in [3.63, 3.8) is 0 Å². The van der Waals surface area contributed by atoms with Gasteiger partial charge < -0.3 is 20.6 Å². The summed E-state index contributed by atoms with van der Waals surface area (Å²) in [6, 6.07) is 8.14. The lowest BCUT2D eigenvalue weighted by molar-refractivity contribution is 0.191. The third-order valence-electron chi connectivity index (χ3n) is 4.06. The van der Waals surface area contributed by atoms with Crippen LogP contribution in [0.1, 0.15) is 6.42 Å². The molecule has 2 aromatic rings. The van der Waals surface area contributed by atoms with Gasteiger partial charge in [-0.3, -0.25) is 4.98 Å². The van der Waals surface area contributed by atoms with Crippen molar-refractivity contribution >= 4 is 22.3 Å². The van der Waals surface area contributed by atoms with Crippen molar-refractivity contribution in [2.75, 3.05) is 37.8 Å². The number of nitrogens with zero attached hydrogens (tertiary/aromatic N) is 3. The summed E-state index contributed by atoms with van der Waals surface area (Å²) in [5, 5.41) is 11.0. The summed E-state index contributed by atoms with van der Waals surface area (Å²) < 4.78 is 0. The Kier molecular flexibility index (Phi) is 3.69. The van der Waals surface area contributed by atoms with Crippen molar-refractivity contribution in [3.05, 3.63) is 30.5 Å². The van der Waals surface area contributed by atoms with Gasteiger partial charge >= 0.3 is 0 Å². The van der Waals surface area contributed by atoms with Gasteiger partial charge in [-0.25, -0.2) is 0 Å². The Balaban J connectivity index is 2.04. The Bertz CT molecular complexity index is 643. The van der Waals surface area contributed by atoms with Gasteiger partial charge in [0, 0.05) is 36.4 Å². The summed E-state index contributed by atoms with van der Waals surface area (Å²) in [5.74, 6) is 0. The molecule has 1 aromatic carbocycles. The molecule has 0 radical (unpaired) electrons. The van der Waals surface area contributed by atoms with Gasteiger partial charge in [-0.1, -0.05) is 0 Å². The van der Waals surface area contributed by atoms with Crippen molar-refractivity contribution in [3.8, 4) is 0 Å². The van der Waals surface area contributed by atoms with Crippen LogP contribution in [0.15, 0.2) is 30.5 Å². The zero-order valence-corrected chi connectivity index (χ0v) is 12.5. The molecule has 5 heteroatoms. The Morgan fingerprint density at radius 1 is 1.38 bits per heavy atom. The molecule has 112 valence electrons. The summed E-state index contributed by atoms with van der Waals surface area (Å²) in [4.78, 5) is 8.93. The van der Waals surface area contributed by atoms with Crippen molar-refractivity contribution in [2.45, 2.75) is 18.6 Å². The third kappa shape index (κ3) is 2.66. The number of pyridine rings is 1. The molecule has 5 nitrogen and oxygen atoms in total. The van der Waals surface area contributed by atoms with Crippen molar-refractivity contribution in [2.24, 2.45) is 0 Å². The number of aliphatic hydroxyl groups excluding tert-OH is 1. The van der Waals surface area contributed by atoms with Crippen LogP contribution in [0.25, 0.3) is 10.9 Å². The number of benzene rings is 1. The van der Waals surface area contributed by atoms with Crippen LogP contribution in [0.4, 0.5) is 11.4 Å². The van der Waals surface area contributed by atoms with E-state index in [1.807, 2.05) is 24.3 Å². The Morgan fingerprint density at radius 3 is 2.95 bits per heavy atom. The Hall–Kier alpha value is -1.85. The summed E-state index contributed by atoms with van der Waals surface area (Å²) in [6.45, 7) is 1.56. The molecule has 3 rings (SSSR count). The van der Waals surface area contributed by atoms with E-state index in [0.717, 1.165) is 35.2 Å².